The first kappa shape index (κ1) is 20.3. The number of benzene rings is 2. The van der Waals surface area contributed by atoms with E-state index in [1.54, 1.807) is 6.07 Å². The largest absolute Gasteiger partial charge is 0.478 e. The zero-order chi connectivity index (χ0) is 20.9. The Hall–Kier alpha value is -2.40. The predicted molar refractivity (Wildman–Crippen MR) is 109 cm³/mol. The molecular weight excluding hydrogens is 357 g/mol. The summed E-state index contributed by atoms with van der Waals surface area (Å²) < 4.78 is 20.4. The third kappa shape index (κ3) is 3.39. The molecule has 4 nitrogen and oxygen atoms in total. The van der Waals surface area contributed by atoms with Crippen LogP contribution in [0.4, 0.5) is 15.8 Å². The Bertz CT molecular complexity index is 934. The lowest BCUT2D eigenvalue weighted by atomic mass is 9.75. The summed E-state index contributed by atoms with van der Waals surface area (Å²) in [6, 6.07) is 8.62. The van der Waals surface area contributed by atoms with Crippen molar-refractivity contribution in [3.63, 3.8) is 0 Å². The van der Waals surface area contributed by atoms with Gasteiger partial charge in [-0.25, -0.2) is 9.18 Å². The van der Waals surface area contributed by atoms with E-state index in [0.29, 0.717) is 18.8 Å². The predicted octanol–water partition coefficient (Wildman–Crippen LogP) is 5.53. The maximum atomic E-state index is 14.3. The standard InChI is InChI=1S/C23H28FNO3/c1-7-25(15-8-9-16(21(26)27)19(24)11-15)20-12-17-18(10-14(20)2)23(5,6)28-13-22(17,3)4/h8-12H,7,13H2,1-6H3,(H,26,27). The maximum absolute atomic E-state index is 14.3. The quantitative estimate of drug-likeness (QED) is 0.751. The fourth-order valence-electron chi connectivity index (χ4n) is 3.90. The van der Waals surface area contributed by atoms with E-state index in [1.807, 2.05) is 18.7 Å². The van der Waals surface area contributed by atoms with E-state index in [4.69, 9.17) is 9.84 Å². The molecular formula is C23H28FNO3. The summed E-state index contributed by atoms with van der Waals surface area (Å²) >= 11 is 0. The van der Waals surface area contributed by atoms with Gasteiger partial charge in [0.1, 0.15) is 5.82 Å². The molecule has 3 rings (SSSR count). The Labute approximate surface area is 165 Å². The number of ether oxygens (including phenoxy) is 1. The number of anilines is 2. The number of carboxylic acids is 1. The molecule has 28 heavy (non-hydrogen) atoms. The van der Waals surface area contributed by atoms with Crippen molar-refractivity contribution in [1.82, 2.24) is 0 Å². The first-order valence-electron chi connectivity index (χ1n) is 9.58. The van der Waals surface area contributed by atoms with E-state index in [0.717, 1.165) is 11.3 Å². The third-order valence-electron chi connectivity index (χ3n) is 5.61. The van der Waals surface area contributed by atoms with Gasteiger partial charge in [0.05, 0.1) is 17.8 Å². The summed E-state index contributed by atoms with van der Waals surface area (Å²) in [6.07, 6.45) is 0. The van der Waals surface area contributed by atoms with Crippen LogP contribution in [0, 0.1) is 12.7 Å². The van der Waals surface area contributed by atoms with Crippen LogP contribution in [0.15, 0.2) is 30.3 Å². The molecule has 1 aliphatic rings. The summed E-state index contributed by atoms with van der Waals surface area (Å²) in [7, 11) is 0. The van der Waals surface area contributed by atoms with Gasteiger partial charge in [-0.2, -0.15) is 0 Å². The molecule has 0 atom stereocenters. The van der Waals surface area contributed by atoms with Gasteiger partial charge in [0.15, 0.2) is 0 Å². The highest BCUT2D eigenvalue weighted by atomic mass is 19.1. The number of aromatic carboxylic acids is 1. The first-order chi connectivity index (χ1) is 13.0. The van der Waals surface area contributed by atoms with Gasteiger partial charge in [0.2, 0.25) is 0 Å². The smallest absolute Gasteiger partial charge is 0.338 e. The molecule has 0 unspecified atom stereocenters. The molecule has 1 aliphatic heterocycles. The minimum absolute atomic E-state index is 0.134. The van der Waals surface area contributed by atoms with E-state index in [-0.39, 0.29) is 16.6 Å². The van der Waals surface area contributed by atoms with Crippen molar-refractivity contribution in [2.24, 2.45) is 0 Å². The van der Waals surface area contributed by atoms with Gasteiger partial charge in [0.25, 0.3) is 0 Å². The zero-order valence-electron chi connectivity index (χ0n) is 17.4. The van der Waals surface area contributed by atoms with E-state index in [2.05, 4.69) is 39.8 Å². The second-order valence-electron chi connectivity index (χ2n) is 8.58. The lowest BCUT2D eigenvalue weighted by Gasteiger charge is -2.43. The molecule has 0 aliphatic carbocycles. The van der Waals surface area contributed by atoms with Crippen LogP contribution in [0.1, 0.15) is 61.7 Å². The van der Waals surface area contributed by atoms with Gasteiger partial charge >= 0.3 is 5.97 Å². The van der Waals surface area contributed by atoms with Crippen LogP contribution < -0.4 is 4.90 Å². The summed E-state index contributed by atoms with van der Waals surface area (Å²) in [6.45, 7) is 13.8. The summed E-state index contributed by atoms with van der Waals surface area (Å²) in [4.78, 5) is 13.1. The highest BCUT2D eigenvalue weighted by molar-refractivity contribution is 5.88. The highest BCUT2D eigenvalue weighted by Crippen LogP contribution is 2.44. The molecule has 1 N–H and O–H groups in total. The van der Waals surface area contributed by atoms with Crippen LogP contribution in [-0.2, 0) is 15.8 Å². The third-order valence-corrected chi connectivity index (χ3v) is 5.61. The second-order valence-corrected chi connectivity index (χ2v) is 8.58. The van der Waals surface area contributed by atoms with Crippen LogP contribution in [0.25, 0.3) is 0 Å². The molecule has 2 aromatic carbocycles. The molecule has 1 heterocycles. The van der Waals surface area contributed by atoms with Crippen LogP contribution in [-0.4, -0.2) is 24.2 Å². The summed E-state index contributed by atoms with van der Waals surface area (Å²) in [5.74, 6) is -1.99. The van der Waals surface area contributed by atoms with Crippen molar-refractivity contribution in [3.05, 3.63) is 58.4 Å². The number of carboxylic acid groups (broad SMARTS) is 1. The first-order valence-corrected chi connectivity index (χ1v) is 9.58. The van der Waals surface area contributed by atoms with Gasteiger partial charge in [0, 0.05) is 23.3 Å². The Kier molecular flexibility index (Phi) is 5.00. The minimum atomic E-state index is -1.26. The number of carbonyl (C=O) groups is 1. The van der Waals surface area contributed by atoms with E-state index < -0.39 is 11.8 Å². The fraction of sp³-hybridized carbons (Fsp3) is 0.435. The van der Waals surface area contributed by atoms with Crippen molar-refractivity contribution >= 4 is 17.3 Å². The second kappa shape index (κ2) is 6.89. The fourth-order valence-corrected chi connectivity index (χ4v) is 3.90. The number of halogens is 1. The average molecular weight is 385 g/mol. The SMILES string of the molecule is CCN(c1ccc(C(=O)O)c(F)c1)c1cc2c(cc1C)C(C)(C)OCC2(C)C. The number of fused-ring (bicyclic) bond motifs is 1. The molecule has 150 valence electrons. The van der Waals surface area contributed by atoms with Crippen molar-refractivity contribution < 1.29 is 19.0 Å². The monoisotopic (exact) mass is 385 g/mol. The molecule has 0 spiro atoms. The Morgan fingerprint density at radius 2 is 1.86 bits per heavy atom. The molecule has 0 saturated heterocycles. The van der Waals surface area contributed by atoms with E-state index in [1.165, 1.54) is 23.3 Å². The lowest BCUT2D eigenvalue weighted by Crippen LogP contribution is -2.40. The number of hydrogen-bond donors (Lipinski definition) is 1. The van der Waals surface area contributed by atoms with Gasteiger partial charge in [-0.15, -0.1) is 0 Å². The molecule has 0 radical (unpaired) electrons. The normalized spacial score (nSPS) is 17.1. The molecule has 0 saturated carbocycles. The van der Waals surface area contributed by atoms with Gasteiger partial charge in [-0.05, 0) is 68.7 Å². The molecule has 0 aromatic heterocycles. The van der Waals surface area contributed by atoms with Crippen molar-refractivity contribution in [2.75, 3.05) is 18.1 Å². The lowest BCUT2D eigenvalue weighted by molar-refractivity contribution is -0.0587. The van der Waals surface area contributed by atoms with Crippen molar-refractivity contribution in [2.45, 2.75) is 52.6 Å². The zero-order valence-corrected chi connectivity index (χ0v) is 17.4. The number of rotatable bonds is 4. The van der Waals surface area contributed by atoms with Crippen LogP contribution in [0.3, 0.4) is 0 Å². The van der Waals surface area contributed by atoms with Crippen LogP contribution >= 0.6 is 0 Å². The number of aryl methyl sites for hydroxylation is 1. The Balaban J connectivity index is 2.14. The van der Waals surface area contributed by atoms with Crippen LogP contribution in [0.2, 0.25) is 0 Å². The molecule has 0 amide bonds. The maximum Gasteiger partial charge on any atom is 0.338 e. The minimum Gasteiger partial charge on any atom is -0.478 e. The van der Waals surface area contributed by atoms with Gasteiger partial charge < -0.3 is 14.7 Å². The van der Waals surface area contributed by atoms with Crippen molar-refractivity contribution in [1.29, 1.82) is 0 Å². The van der Waals surface area contributed by atoms with Gasteiger partial charge in [-0.3, -0.25) is 0 Å². The summed E-state index contributed by atoms with van der Waals surface area (Å²) in [5, 5.41) is 9.09. The molecule has 0 fully saturated rings. The van der Waals surface area contributed by atoms with Gasteiger partial charge in [-0.1, -0.05) is 19.9 Å². The summed E-state index contributed by atoms with van der Waals surface area (Å²) in [5.41, 5.74) is 4.29. The number of hydrogen-bond acceptors (Lipinski definition) is 3. The van der Waals surface area contributed by atoms with Crippen molar-refractivity contribution in [3.8, 4) is 0 Å². The molecule has 5 heteroatoms. The van der Waals surface area contributed by atoms with E-state index in [9.17, 15) is 9.18 Å². The Morgan fingerprint density at radius 1 is 1.18 bits per heavy atom. The highest BCUT2D eigenvalue weighted by Gasteiger charge is 2.38. The topological polar surface area (TPSA) is 49.8 Å². The van der Waals surface area contributed by atoms with Crippen LogP contribution in [0.5, 0.6) is 0 Å². The Morgan fingerprint density at radius 3 is 2.43 bits per heavy atom. The molecule has 0 bridgehead atoms. The molecule has 2 aromatic rings. The van der Waals surface area contributed by atoms with E-state index >= 15 is 0 Å². The number of nitrogens with zero attached hydrogens (tertiary/aromatic N) is 1. The average Bonchev–Trinajstić information content (AvgIpc) is 2.60.